The monoisotopic (exact) mass is 282 g/mol. The molecule has 0 saturated carbocycles. The van der Waals surface area contributed by atoms with Gasteiger partial charge >= 0.3 is 0 Å². The molecular formula is C19H26N2. The van der Waals surface area contributed by atoms with Crippen LogP contribution in [0.2, 0.25) is 0 Å². The quantitative estimate of drug-likeness (QED) is 0.863. The molecule has 2 nitrogen and oxygen atoms in total. The molecule has 2 heteroatoms. The number of nitrogens with one attached hydrogen (secondary N) is 1. The topological polar surface area (TPSA) is 15.3 Å². The molecule has 21 heavy (non-hydrogen) atoms. The minimum atomic E-state index is 0.358. The van der Waals surface area contributed by atoms with Crippen molar-refractivity contribution >= 4 is 0 Å². The van der Waals surface area contributed by atoms with Crippen LogP contribution in [0.3, 0.4) is 0 Å². The molecule has 2 rings (SSSR count). The van der Waals surface area contributed by atoms with Crippen molar-refractivity contribution in [2.45, 2.75) is 25.9 Å². The third-order valence-corrected chi connectivity index (χ3v) is 4.00. The Morgan fingerprint density at radius 1 is 0.905 bits per heavy atom. The number of hydrogen-bond donors (Lipinski definition) is 1. The van der Waals surface area contributed by atoms with Gasteiger partial charge in [-0.05, 0) is 39.1 Å². The number of rotatable bonds is 6. The maximum atomic E-state index is 3.66. The smallest absolute Gasteiger partial charge is 0.0467 e. The number of nitrogens with zero attached hydrogens (tertiary/aromatic N) is 1. The van der Waals surface area contributed by atoms with Gasteiger partial charge in [-0.1, -0.05) is 60.2 Å². The molecule has 2 aromatic carbocycles. The van der Waals surface area contributed by atoms with Gasteiger partial charge in [0, 0.05) is 18.6 Å². The fraction of sp³-hybridized carbons (Fsp3) is 0.368. The van der Waals surface area contributed by atoms with Crippen molar-refractivity contribution in [2.24, 2.45) is 0 Å². The lowest BCUT2D eigenvalue weighted by molar-refractivity contribution is 0.281. The highest BCUT2D eigenvalue weighted by Crippen LogP contribution is 2.19. The van der Waals surface area contributed by atoms with Crippen LogP contribution in [0.25, 0.3) is 0 Å². The molecule has 2 atom stereocenters. The second-order valence-electron chi connectivity index (χ2n) is 5.93. The van der Waals surface area contributed by atoms with Crippen LogP contribution >= 0.6 is 0 Å². The molecule has 0 aliphatic rings. The minimum absolute atomic E-state index is 0.358. The highest BCUT2D eigenvalue weighted by atomic mass is 15.1. The van der Waals surface area contributed by atoms with Crippen molar-refractivity contribution in [3.05, 3.63) is 71.3 Å². The first kappa shape index (κ1) is 15.7. The molecule has 0 aliphatic heterocycles. The number of benzene rings is 2. The molecule has 2 aromatic rings. The summed E-state index contributed by atoms with van der Waals surface area (Å²) in [5.41, 5.74) is 4.00. The van der Waals surface area contributed by atoms with E-state index in [4.69, 9.17) is 0 Å². The van der Waals surface area contributed by atoms with Crippen LogP contribution in [0.4, 0.5) is 0 Å². The summed E-state index contributed by atoms with van der Waals surface area (Å²) in [6.45, 7) is 5.29. The van der Waals surface area contributed by atoms with Gasteiger partial charge in [-0.2, -0.15) is 0 Å². The molecule has 0 heterocycles. The van der Waals surface area contributed by atoms with E-state index in [1.165, 1.54) is 16.7 Å². The largest absolute Gasteiger partial charge is 0.308 e. The first-order valence-electron chi connectivity index (χ1n) is 7.59. The lowest BCUT2D eigenvalue weighted by atomic mass is 10.0. The highest BCUT2D eigenvalue weighted by Gasteiger charge is 2.15. The minimum Gasteiger partial charge on any atom is -0.308 e. The van der Waals surface area contributed by atoms with E-state index in [0.29, 0.717) is 12.1 Å². The van der Waals surface area contributed by atoms with Crippen molar-refractivity contribution in [2.75, 3.05) is 20.6 Å². The summed E-state index contributed by atoms with van der Waals surface area (Å²) in [5.74, 6) is 0. The summed E-state index contributed by atoms with van der Waals surface area (Å²) in [6.07, 6.45) is 0. The Morgan fingerprint density at radius 2 is 1.52 bits per heavy atom. The Morgan fingerprint density at radius 3 is 2.10 bits per heavy atom. The average molecular weight is 282 g/mol. The predicted octanol–water partition coefficient (Wildman–Crippen LogP) is 3.95. The third-order valence-electron chi connectivity index (χ3n) is 4.00. The number of hydrogen-bond acceptors (Lipinski definition) is 2. The SMILES string of the molecule is Cc1ccc(C(C)NCC(c2ccccc2)N(C)C)cc1. The summed E-state index contributed by atoms with van der Waals surface area (Å²) in [6, 6.07) is 20.2. The molecule has 0 fully saturated rings. The number of likely N-dealkylation sites (N-methyl/N-ethyl adjacent to an activating group) is 1. The van der Waals surface area contributed by atoms with Crippen molar-refractivity contribution in [1.82, 2.24) is 10.2 Å². The zero-order chi connectivity index (χ0) is 15.2. The number of aryl methyl sites for hydroxylation is 1. The second-order valence-corrected chi connectivity index (χ2v) is 5.93. The van der Waals surface area contributed by atoms with Gasteiger partial charge in [0.2, 0.25) is 0 Å². The molecular weight excluding hydrogens is 256 g/mol. The Labute approximate surface area is 128 Å². The molecule has 0 spiro atoms. The van der Waals surface area contributed by atoms with E-state index in [9.17, 15) is 0 Å². The summed E-state index contributed by atoms with van der Waals surface area (Å²) < 4.78 is 0. The lowest BCUT2D eigenvalue weighted by Gasteiger charge is -2.27. The van der Waals surface area contributed by atoms with E-state index in [-0.39, 0.29) is 0 Å². The highest BCUT2D eigenvalue weighted by molar-refractivity contribution is 5.24. The summed E-state index contributed by atoms with van der Waals surface area (Å²) in [7, 11) is 4.27. The van der Waals surface area contributed by atoms with Crippen LogP contribution < -0.4 is 5.32 Å². The normalized spacial score (nSPS) is 14.1. The van der Waals surface area contributed by atoms with Crippen LogP contribution in [0.5, 0.6) is 0 Å². The second kappa shape index (κ2) is 7.39. The molecule has 0 bridgehead atoms. The Balaban J connectivity index is 2.00. The van der Waals surface area contributed by atoms with Crippen LogP contribution in [-0.2, 0) is 0 Å². The molecule has 0 saturated heterocycles. The van der Waals surface area contributed by atoms with Crippen LogP contribution in [-0.4, -0.2) is 25.5 Å². The van der Waals surface area contributed by atoms with E-state index in [0.717, 1.165) is 6.54 Å². The van der Waals surface area contributed by atoms with Gasteiger partial charge in [0.1, 0.15) is 0 Å². The van der Waals surface area contributed by atoms with Gasteiger partial charge in [0.25, 0.3) is 0 Å². The van der Waals surface area contributed by atoms with Crippen LogP contribution in [0.1, 0.15) is 35.7 Å². The fourth-order valence-electron chi connectivity index (χ4n) is 2.54. The summed E-state index contributed by atoms with van der Waals surface area (Å²) in [5, 5.41) is 3.66. The Kier molecular flexibility index (Phi) is 5.54. The van der Waals surface area contributed by atoms with Crippen molar-refractivity contribution in [3.8, 4) is 0 Å². The maximum Gasteiger partial charge on any atom is 0.0467 e. The molecule has 112 valence electrons. The Bertz CT molecular complexity index is 531. The lowest BCUT2D eigenvalue weighted by Crippen LogP contribution is -2.32. The first-order chi connectivity index (χ1) is 10.1. The van der Waals surface area contributed by atoms with E-state index in [1.807, 2.05) is 0 Å². The van der Waals surface area contributed by atoms with Gasteiger partial charge in [-0.25, -0.2) is 0 Å². The fourth-order valence-corrected chi connectivity index (χ4v) is 2.54. The third kappa shape index (κ3) is 4.42. The average Bonchev–Trinajstić information content (AvgIpc) is 2.48. The molecule has 0 aromatic heterocycles. The summed E-state index contributed by atoms with van der Waals surface area (Å²) in [4.78, 5) is 2.27. The van der Waals surface area contributed by atoms with E-state index in [2.05, 4.69) is 92.8 Å². The van der Waals surface area contributed by atoms with Gasteiger partial charge in [-0.3, -0.25) is 0 Å². The zero-order valence-electron chi connectivity index (χ0n) is 13.5. The molecule has 0 amide bonds. The molecule has 1 N–H and O–H groups in total. The molecule has 0 aliphatic carbocycles. The summed E-state index contributed by atoms with van der Waals surface area (Å²) >= 11 is 0. The van der Waals surface area contributed by atoms with Crippen LogP contribution in [0, 0.1) is 6.92 Å². The standard InChI is InChI=1S/C19H26N2/c1-15-10-12-17(13-11-15)16(2)20-14-19(21(3)4)18-8-6-5-7-9-18/h5-13,16,19-20H,14H2,1-4H3. The van der Waals surface area contributed by atoms with Crippen molar-refractivity contribution in [3.63, 3.8) is 0 Å². The maximum absolute atomic E-state index is 3.66. The van der Waals surface area contributed by atoms with Gasteiger partial charge in [0.05, 0.1) is 0 Å². The molecule has 0 radical (unpaired) electrons. The van der Waals surface area contributed by atoms with E-state index in [1.54, 1.807) is 0 Å². The van der Waals surface area contributed by atoms with Crippen LogP contribution in [0.15, 0.2) is 54.6 Å². The first-order valence-corrected chi connectivity index (χ1v) is 7.59. The molecule has 2 unspecified atom stereocenters. The van der Waals surface area contributed by atoms with Crippen molar-refractivity contribution < 1.29 is 0 Å². The van der Waals surface area contributed by atoms with Gasteiger partial charge in [-0.15, -0.1) is 0 Å². The van der Waals surface area contributed by atoms with E-state index >= 15 is 0 Å². The zero-order valence-corrected chi connectivity index (χ0v) is 13.5. The predicted molar refractivity (Wildman–Crippen MR) is 90.5 cm³/mol. The Hall–Kier alpha value is -1.64. The van der Waals surface area contributed by atoms with Gasteiger partial charge < -0.3 is 10.2 Å². The van der Waals surface area contributed by atoms with Gasteiger partial charge in [0.15, 0.2) is 0 Å². The van der Waals surface area contributed by atoms with E-state index < -0.39 is 0 Å². The van der Waals surface area contributed by atoms with Crippen molar-refractivity contribution in [1.29, 1.82) is 0 Å².